The Morgan fingerprint density at radius 3 is 2.48 bits per heavy atom. The SMILES string of the molecule is Cc1cccc(O[C@H](C)C(=O)Nc2cc(S(=O)(=O)N3CCCCC3)ccc2C)c1. The molecule has 3 rings (SSSR count). The number of nitrogens with zero attached hydrogens (tertiary/aromatic N) is 1. The van der Waals surface area contributed by atoms with Gasteiger partial charge in [-0.2, -0.15) is 4.31 Å². The molecular formula is C22H28N2O4S. The zero-order valence-electron chi connectivity index (χ0n) is 17.1. The van der Waals surface area contributed by atoms with E-state index in [0.717, 1.165) is 30.4 Å². The van der Waals surface area contributed by atoms with Crippen molar-refractivity contribution < 1.29 is 17.9 Å². The van der Waals surface area contributed by atoms with Crippen LogP contribution in [-0.4, -0.2) is 37.8 Å². The summed E-state index contributed by atoms with van der Waals surface area (Å²) in [7, 11) is -3.56. The molecule has 2 aromatic rings. The van der Waals surface area contributed by atoms with Crippen LogP contribution in [0.4, 0.5) is 5.69 Å². The quantitative estimate of drug-likeness (QED) is 0.775. The molecule has 0 radical (unpaired) electrons. The van der Waals surface area contributed by atoms with Gasteiger partial charge in [0, 0.05) is 18.8 Å². The summed E-state index contributed by atoms with van der Waals surface area (Å²) in [4.78, 5) is 12.8. The van der Waals surface area contributed by atoms with E-state index in [4.69, 9.17) is 4.74 Å². The summed E-state index contributed by atoms with van der Waals surface area (Å²) in [5.41, 5.74) is 2.31. The number of carbonyl (C=O) groups excluding carboxylic acids is 1. The fourth-order valence-electron chi connectivity index (χ4n) is 3.33. The van der Waals surface area contributed by atoms with Crippen LogP contribution >= 0.6 is 0 Å². The molecule has 1 aliphatic heterocycles. The molecule has 0 aliphatic carbocycles. The van der Waals surface area contributed by atoms with Gasteiger partial charge in [0.1, 0.15) is 5.75 Å². The molecule has 1 N–H and O–H groups in total. The molecule has 1 aliphatic rings. The average molecular weight is 417 g/mol. The van der Waals surface area contributed by atoms with Crippen molar-refractivity contribution in [1.29, 1.82) is 0 Å². The van der Waals surface area contributed by atoms with Crippen LogP contribution < -0.4 is 10.1 Å². The van der Waals surface area contributed by atoms with E-state index in [9.17, 15) is 13.2 Å². The number of hydrogen-bond acceptors (Lipinski definition) is 4. The van der Waals surface area contributed by atoms with Gasteiger partial charge in [0.05, 0.1) is 4.90 Å². The van der Waals surface area contributed by atoms with Crippen LogP contribution in [0.5, 0.6) is 5.75 Å². The lowest BCUT2D eigenvalue weighted by Crippen LogP contribution is -2.35. The van der Waals surface area contributed by atoms with Gasteiger partial charge in [0.2, 0.25) is 10.0 Å². The lowest BCUT2D eigenvalue weighted by molar-refractivity contribution is -0.122. The zero-order chi connectivity index (χ0) is 21.0. The molecular weight excluding hydrogens is 388 g/mol. The Labute approximate surface area is 172 Å². The Morgan fingerprint density at radius 1 is 1.07 bits per heavy atom. The maximum atomic E-state index is 12.9. The van der Waals surface area contributed by atoms with Crippen molar-refractivity contribution in [2.24, 2.45) is 0 Å². The second-order valence-electron chi connectivity index (χ2n) is 7.51. The Kier molecular flexibility index (Phi) is 6.59. The summed E-state index contributed by atoms with van der Waals surface area (Å²) >= 11 is 0. The zero-order valence-corrected chi connectivity index (χ0v) is 18.0. The van der Waals surface area contributed by atoms with Crippen molar-refractivity contribution in [2.45, 2.75) is 51.0 Å². The van der Waals surface area contributed by atoms with E-state index in [2.05, 4.69) is 5.32 Å². The van der Waals surface area contributed by atoms with Gasteiger partial charge >= 0.3 is 0 Å². The highest BCUT2D eigenvalue weighted by Crippen LogP contribution is 2.25. The van der Waals surface area contributed by atoms with Gasteiger partial charge < -0.3 is 10.1 Å². The maximum absolute atomic E-state index is 12.9. The van der Waals surface area contributed by atoms with Gasteiger partial charge in [-0.15, -0.1) is 0 Å². The van der Waals surface area contributed by atoms with E-state index in [-0.39, 0.29) is 10.8 Å². The number of anilines is 1. The lowest BCUT2D eigenvalue weighted by atomic mass is 10.2. The first kappa shape index (κ1) is 21.3. The van der Waals surface area contributed by atoms with Gasteiger partial charge in [-0.25, -0.2) is 8.42 Å². The van der Waals surface area contributed by atoms with Crippen molar-refractivity contribution in [2.75, 3.05) is 18.4 Å². The number of aryl methyl sites for hydroxylation is 2. The second kappa shape index (κ2) is 8.97. The number of amides is 1. The fourth-order valence-corrected chi connectivity index (χ4v) is 4.88. The molecule has 29 heavy (non-hydrogen) atoms. The third kappa shape index (κ3) is 5.16. The lowest BCUT2D eigenvalue weighted by Gasteiger charge is -2.26. The van der Waals surface area contributed by atoms with Crippen molar-refractivity contribution in [3.05, 3.63) is 53.6 Å². The Bertz CT molecular complexity index is 982. The number of piperidine rings is 1. The minimum Gasteiger partial charge on any atom is -0.481 e. The minimum atomic E-state index is -3.56. The standard InChI is InChI=1S/C22H28N2O4S/c1-16-8-7-9-19(14-16)28-18(3)22(25)23-21-15-20(11-10-17(21)2)29(26,27)24-12-5-4-6-13-24/h7-11,14-15,18H,4-6,12-13H2,1-3H3,(H,23,25)/t18-/m1/s1. The smallest absolute Gasteiger partial charge is 0.265 e. The van der Waals surface area contributed by atoms with E-state index in [1.807, 2.05) is 32.0 Å². The average Bonchev–Trinajstić information content (AvgIpc) is 2.70. The van der Waals surface area contributed by atoms with E-state index < -0.39 is 16.1 Å². The molecule has 156 valence electrons. The number of carbonyl (C=O) groups is 1. The van der Waals surface area contributed by atoms with Crippen LogP contribution in [0, 0.1) is 13.8 Å². The molecule has 7 heteroatoms. The Morgan fingerprint density at radius 2 is 1.79 bits per heavy atom. The van der Waals surface area contributed by atoms with Crippen LogP contribution in [0.3, 0.4) is 0 Å². The first-order chi connectivity index (χ1) is 13.8. The highest BCUT2D eigenvalue weighted by molar-refractivity contribution is 7.89. The summed E-state index contributed by atoms with van der Waals surface area (Å²) in [6, 6.07) is 12.3. The molecule has 1 atom stereocenters. The van der Waals surface area contributed by atoms with Crippen LogP contribution in [0.25, 0.3) is 0 Å². The summed E-state index contributed by atoms with van der Waals surface area (Å²) in [6.07, 6.45) is 2.09. The molecule has 1 saturated heterocycles. The van der Waals surface area contributed by atoms with E-state index >= 15 is 0 Å². The number of hydrogen-bond donors (Lipinski definition) is 1. The van der Waals surface area contributed by atoms with Crippen molar-refractivity contribution in [1.82, 2.24) is 4.31 Å². The van der Waals surface area contributed by atoms with Gasteiger partial charge in [0.25, 0.3) is 5.91 Å². The molecule has 0 aromatic heterocycles. The Balaban J connectivity index is 1.75. The van der Waals surface area contributed by atoms with E-state index in [1.165, 1.54) is 10.4 Å². The monoisotopic (exact) mass is 416 g/mol. The van der Waals surface area contributed by atoms with Crippen molar-refractivity contribution >= 4 is 21.6 Å². The molecule has 0 saturated carbocycles. The molecule has 1 amide bonds. The number of nitrogens with one attached hydrogen (secondary N) is 1. The number of ether oxygens (including phenoxy) is 1. The molecule has 2 aromatic carbocycles. The first-order valence-corrected chi connectivity index (χ1v) is 11.4. The normalized spacial score (nSPS) is 16.2. The van der Waals surface area contributed by atoms with Gasteiger partial charge in [0.15, 0.2) is 6.10 Å². The summed E-state index contributed by atoms with van der Waals surface area (Å²) in [5.74, 6) is 0.285. The first-order valence-electron chi connectivity index (χ1n) is 9.92. The van der Waals surface area contributed by atoms with Crippen LogP contribution in [-0.2, 0) is 14.8 Å². The minimum absolute atomic E-state index is 0.201. The van der Waals surface area contributed by atoms with Crippen LogP contribution in [0.1, 0.15) is 37.3 Å². The topological polar surface area (TPSA) is 75.7 Å². The van der Waals surface area contributed by atoms with Crippen LogP contribution in [0.15, 0.2) is 47.4 Å². The summed E-state index contributed by atoms with van der Waals surface area (Å²) < 4.78 is 33.1. The predicted molar refractivity (Wildman–Crippen MR) is 114 cm³/mol. The number of rotatable bonds is 6. The number of benzene rings is 2. The van der Waals surface area contributed by atoms with Gasteiger partial charge in [-0.05, 0) is 69.0 Å². The van der Waals surface area contributed by atoms with Crippen molar-refractivity contribution in [3.8, 4) is 5.75 Å². The molecule has 0 unspecified atom stereocenters. The third-order valence-electron chi connectivity index (χ3n) is 5.09. The number of sulfonamides is 1. The summed E-state index contributed by atoms with van der Waals surface area (Å²) in [6.45, 7) is 6.54. The molecule has 0 bridgehead atoms. The molecule has 1 fully saturated rings. The molecule has 6 nitrogen and oxygen atoms in total. The maximum Gasteiger partial charge on any atom is 0.265 e. The third-order valence-corrected chi connectivity index (χ3v) is 6.99. The van der Waals surface area contributed by atoms with Crippen LogP contribution in [0.2, 0.25) is 0 Å². The highest BCUT2D eigenvalue weighted by Gasteiger charge is 2.26. The highest BCUT2D eigenvalue weighted by atomic mass is 32.2. The van der Waals surface area contributed by atoms with Gasteiger partial charge in [-0.1, -0.05) is 24.6 Å². The predicted octanol–water partition coefficient (Wildman–Crippen LogP) is 3.88. The Hall–Kier alpha value is -2.38. The fraction of sp³-hybridized carbons (Fsp3) is 0.409. The molecule has 0 spiro atoms. The largest absolute Gasteiger partial charge is 0.481 e. The summed E-state index contributed by atoms with van der Waals surface area (Å²) in [5, 5.41) is 2.81. The second-order valence-corrected chi connectivity index (χ2v) is 9.45. The van der Waals surface area contributed by atoms with Gasteiger partial charge in [-0.3, -0.25) is 4.79 Å². The van der Waals surface area contributed by atoms with E-state index in [1.54, 1.807) is 25.1 Å². The molecule has 1 heterocycles. The van der Waals surface area contributed by atoms with Crippen molar-refractivity contribution in [3.63, 3.8) is 0 Å². The van der Waals surface area contributed by atoms with E-state index in [0.29, 0.717) is 24.5 Å².